The number of ether oxygens (including phenoxy) is 1. The van der Waals surface area contributed by atoms with E-state index in [-0.39, 0.29) is 18.0 Å². The molecule has 2 aliphatic rings. The number of nitrogens with one attached hydrogen (secondary N) is 1. The van der Waals surface area contributed by atoms with Gasteiger partial charge in [-0.3, -0.25) is 0 Å². The van der Waals surface area contributed by atoms with E-state index in [1.54, 1.807) is 18.2 Å². The summed E-state index contributed by atoms with van der Waals surface area (Å²) in [5, 5.41) is 12.9. The minimum Gasteiger partial charge on any atom is -0.496 e. The SMILES string of the molecule is COc1ccccc1C(NC(=O)N1C(C(=O)O)CC2CCCCC21)c1nccn1C. The molecule has 1 aliphatic heterocycles. The number of urea groups is 1. The fourth-order valence-corrected chi connectivity index (χ4v) is 5.01. The Balaban J connectivity index is 1.68. The fourth-order valence-electron chi connectivity index (χ4n) is 5.01. The largest absolute Gasteiger partial charge is 0.496 e. The van der Waals surface area contributed by atoms with Crippen LogP contribution >= 0.6 is 0 Å². The standard InChI is InChI=1S/C22H28N4O4/c1-25-12-11-23-20(25)19(15-8-4-6-10-18(15)30-2)24-22(29)26-16-9-5-3-7-14(16)13-17(26)21(27)28/h4,6,8,10-12,14,16-17,19H,3,5,7,9,13H2,1-2H3,(H,24,29)(H,27,28). The van der Waals surface area contributed by atoms with Crippen LogP contribution in [0.4, 0.5) is 4.79 Å². The Bertz CT molecular complexity index is 927. The Kier molecular flexibility index (Phi) is 5.65. The second-order valence-corrected chi connectivity index (χ2v) is 8.13. The van der Waals surface area contributed by atoms with Gasteiger partial charge in [0.25, 0.3) is 0 Å². The van der Waals surface area contributed by atoms with E-state index in [0.717, 1.165) is 31.2 Å². The van der Waals surface area contributed by atoms with Crippen molar-refractivity contribution >= 4 is 12.0 Å². The maximum Gasteiger partial charge on any atom is 0.326 e. The maximum atomic E-state index is 13.5. The molecule has 2 amide bonds. The first kappa shape index (κ1) is 20.3. The Morgan fingerprint density at radius 2 is 2.03 bits per heavy atom. The third kappa shape index (κ3) is 3.62. The number of benzene rings is 1. The molecule has 2 N–H and O–H groups in total. The van der Waals surface area contributed by atoms with Crippen LogP contribution < -0.4 is 10.1 Å². The van der Waals surface area contributed by atoms with Gasteiger partial charge in [0.15, 0.2) is 0 Å². The molecule has 1 saturated carbocycles. The van der Waals surface area contributed by atoms with E-state index in [0.29, 0.717) is 18.0 Å². The molecule has 1 aromatic heterocycles. The summed E-state index contributed by atoms with van der Waals surface area (Å²) in [6.45, 7) is 0. The molecule has 0 bridgehead atoms. The molecule has 2 heterocycles. The summed E-state index contributed by atoms with van der Waals surface area (Å²) >= 11 is 0. The molecule has 1 aliphatic carbocycles. The van der Waals surface area contributed by atoms with Crippen molar-refractivity contribution in [2.24, 2.45) is 13.0 Å². The maximum absolute atomic E-state index is 13.5. The van der Waals surface area contributed by atoms with Crippen molar-refractivity contribution in [2.75, 3.05) is 7.11 Å². The molecule has 160 valence electrons. The lowest BCUT2D eigenvalue weighted by atomic mass is 9.85. The minimum atomic E-state index is -0.939. The smallest absolute Gasteiger partial charge is 0.326 e. The molecule has 8 heteroatoms. The van der Waals surface area contributed by atoms with E-state index in [9.17, 15) is 14.7 Å². The van der Waals surface area contributed by atoms with Gasteiger partial charge in [0.05, 0.1) is 7.11 Å². The molecular weight excluding hydrogens is 384 g/mol. The zero-order valence-electron chi connectivity index (χ0n) is 17.3. The van der Waals surface area contributed by atoms with Crippen LogP contribution in [0.15, 0.2) is 36.7 Å². The molecule has 0 radical (unpaired) electrons. The van der Waals surface area contributed by atoms with E-state index in [1.165, 1.54) is 0 Å². The summed E-state index contributed by atoms with van der Waals surface area (Å²) in [6.07, 6.45) is 7.97. The van der Waals surface area contributed by atoms with E-state index < -0.39 is 18.1 Å². The molecule has 4 atom stereocenters. The number of carboxylic acid groups (broad SMARTS) is 1. The highest BCUT2D eigenvalue weighted by Gasteiger charge is 2.48. The number of rotatable bonds is 5. The number of nitrogens with zero attached hydrogens (tertiary/aromatic N) is 3. The fraction of sp³-hybridized carbons (Fsp3) is 0.500. The highest BCUT2D eigenvalue weighted by atomic mass is 16.5. The van der Waals surface area contributed by atoms with Gasteiger partial charge in [-0.15, -0.1) is 0 Å². The van der Waals surface area contributed by atoms with Gasteiger partial charge in [-0.2, -0.15) is 0 Å². The molecule has 2 fully saturated rings. The monoisotopic (exact) mass is 412 g/mol. The van der Waals surface area contributed by atoms with Crippen molar-refractivity contribution in [3.8, 4) is 5.75 Å². The number of carbonyl (C=O) groups excluding carboxylic acids is 1. The summed E-state index contributed by atoms with van der Waals surface area (Å²) in [6, 6.07) is 5.73. The molecule has 8 nitrogen and oxygen atoms in total. The number of carbonyl (C=O) groups is 2. The predicted octanol–water partition coefficient (Wildman–Crippen LogP) is 2.95. The summed E-state index contributed by atoms with van der Waals surface area (Å²) < 4.78 is 7.37. The van der Waals surface area contributed by atoms with Gasteiger partial charge in [0, 0.05) is 31.0 Å². The zero-order valence-corrected chi connectivity index (χ0v) is 17.3. The second kappa shape index (κ2) is 8.38. The van der Waals surface area contributed by atoms with Crippen molar-refractivity contribution < 1.29 is 19.4 Å². The van der Waals surface area contributed by atoms with Crippen molar-refractivity contribution in [3.05, 3.63) is 48.0 Å². The van der Waals surface area contributed by atoms with Gasteiger partial charge in [0.1, 0.15) is 23.7 Å². The normalized spacial score (nSPS) is 24.2. The molecule has 1 aromatic carbocycles. The minimum absolute atomic E-state index is 0.0282. The number of carboxylic acids is 1. The number of aliphatic carboxylic acids is 1. The molecule has 30 heavy (non-hydrogen) atoms. The number of fused-ring (bicyclic) bond motifs is 1. The lowest BCUT2D eigenvalue weighted by Crippen LogP contribution is -2.51. The Morgan fingerprint density at radius 1 is 1.27 bits per heavy atom. The van der Waals surface area contributed by atoms with Gasteiger partial charge >= 0.3 is 12.0 Å². The first-order valence-electron chi connectivity index (χ1n) is 10.4. The third-order valence-electron chi connectivity index (χ3n) is 6.44. The van der Waals surface area contributed by atoms with Gasteiger partial charge in [0.2, 0.25) is 0 Å². The molecule has 4 unspecified atom stereocenters. The number of methoxy groups -OCH3 is 1. The predicted molar refractivity (Wildman–Crippen MR) is 110 cm³/mol. The van der Waals surface area contributed by atoms with E-state index >= 15 is 0 Å². The van der Waals surface area contributed by atoms with E-state index in [1.807, 2.05) is 42.1 Å². The van der Waals surface area contributed by atoms with Crippen LogP contribution in [-0.2, 0) is 11.8 Å². The third-order valence-corrected chi connectivity index (χ3v) is 6.44. The Hall–Kier alpha value is -3.03. The highest BCUT2D eigenvalue weighted by molar-refractivity contribution is 5.84. The Labute approximate surface area is 175 Å². The van der Waals surface area contributed by atoms with E-state index in [2.05, 4.69) is 10.3 Å². The summed E-state index contributed by atoms with van der Waals surface area (Å²) in [7, 11) is 3.45. The molecule has 4 rings (SSSR count). The number of hydrogen-bond donors (Lipinski definition) is 2. The van der Waals surface area contributed by atoms with Crippen molar-refractivity contribution in [1.82, 2.24) is 19.8 Å². The van der Waals surface area contributed by atoms with Gasteiger partial charge in [-0.25, -0.2) is 14.6 Å². The van der Waals surface area contributed by atoms with Gasteiger partial charge < -0.3 is 24.6 Å². The molecule has 1 saturated heterocycles. The quantitative estimate of drug-likeness (QED) is 0.787. The lowest BCUT2D eigenvalue weighted by Gasteiger charge is -2.34. The number of hydrogen-bond acceptors (Lipinski definition) is 4. The molecule has 0 spiro atoms. The average Bonchev–Trinajstić information content (AvgIpc) is 3.35. The number of aryl methyl sites for hydroxylation is 1. The highest BCUT2D eigenvalue weighted by Crippen LogP contribution is 2.40. The Morgan fingerprint density at radius 3 is 2.73 bits per heavy atom. The first-order valence-corrected chi connectivity index (χ1v) is 10.4. The van der Waals surface area contributed by atoms with Crippen LogP contribution in [0.3, 0.4) is 0 Å². The van der Waals surface area contributed by atoms with Gasteiger partial charge in [-0.1, -0.05) is 31.0 Å². The van der Waals surface area contributed by atoms with Crippen LogP contribution in [0.2, 0.25) is 0 Å². The molecule has 2 aromatic rings. The summed E-state index contributed by atoms with van der Waals surface area (Å²) in [5.41, 5.74) is 0.772. The topological polar surface area (TPSA) is 96.7 Å². The number of amides is 2. The van der Waals surface area contributed by atoms with Crippen molar-refractivity contribution in [2.45, 2.75) is 50.2 Å². The van der Waals surface area contributed by atoms with Gasteiger partial charge in [-0.05, 0) is 31.2 Å². The zero-order chi connectivity index (χ0) is 21.3. The van der Waals surface area contributed by atoms with Crippen molar-refractivity contribution in [3.63, 3.8) is 0 Å². The number of imidazole rings is 1. The summed E-state index contributed by atoms with van der Waals surface area (Å²) in [4.78, 5) is 31.4. The van der Waals surface area contributed by atoms with Crippen LogP contribution in [0.25, 0.3) is 0 Å². The van der Waals surface area contributed by atoms with Crippen LogP contribution in [0.1, 0.15) is 49.5 Å². The lowest BCUT2D eigenvalue weighted by molar-refractivity contribution is -0.141. The second-order valence-electron chi connectivity index (χ2n) is 8.13. The summed E-state index contributed by atoms with van der Waals surface area (Å²) in [5.74, 6) is 0.602. The van der Waals surface area contributed by atoms with E-state index in [4.69, 9.17) is 4.74 Å². The van der Waals surface area contributed by atoms with Crippen molar-refractivity contribution in [1.29, 1.82) is 0 Å². The number of para-hydroxylation sites is 1. The van der Waals surface area contributed by atoms with Crippen LogP contribution in [-0.4, -0.2) is 50.8 Å². The van der Waals surface area contributed by atoms with Crippen LogP contribution in [0, 0.1) is 5.92 Å². The van der Waals surface area contributed by atoms with Crippen LogP contribution in [0.5, 0.6) is 5.75 Å². The average molecular weight is 412 g/mol. The number of aromatic nitrogens is 2. The first-order chi connectivity index (χ1) is 14.5. The molecular formula is C22H28N4O4. The number of likely N-dealkylation sites (tertiary alicyclic amines) is 1.